The molecule has 2 amide bonds. The van der Waals surface area contributed by atoms with Crippen LogP contribution in [0.4, 0.5) is 0 Å². The zero-order valence-corrected chi connectivity index (χ0v) is 16.4. The van der Waals surface area contributed by atoms with E-state index in [0.29, 0.717) is 31.5 Å². The second-order valence-corrected chi connectivity index (χ2v) is 7.95. The minimum atomic E-state index is -0.951. The average Bonchev–Trinajstić information content (AvgIpc) is 3.04. The van der Waals surface area contributed by atoms with Gasteiger partial charge in [0.2, 0.25) is 5.91 Å². The zero-order chi connectivity index (χ0) is 20.6. The highest BCUT2D eigenvalue weighted by Crippen LogP contribution is 2.37. The van der Waals surface area contributed by atoms with Gasteiger partial charge in [-0.1, -0.05) is 42.5 Å². The van der Waals surface area contributed by atoms with Crippen molar-refractivity contribution < 1.29 is 19.5 Å². The summed E-state index contributed by atoms with van der Waals surface area (Å²) < 4.78 is 0. The van der Waals surface area contributed by atoms with Gasteiger partial charge in [-0.15, -0.1) is 0 Å². The molecule has 2 aliphatic rings. The van der Waals surface area contributed by atoms with Crippen LogP contribution < -0.4 is 5.32 Å². The van der Waals surface area contributed by atoms with Gasteiger partial charge in [0.05, 0.1) is 11.5 Å². The number of benzene rings is 2. The summed E-state index contributed by atoms with van der Waals surface area (Å²) in [7, 11) is 0. The smallest absolute Gasteiger partial charge is 0.309 e. The van der Waals surface area contributed by atoms with Crippen molar-refractivity contribution in [3.63, 3.8) is 0 Å². The van der Waals surface area contributed by atoms with Crippen LogP contribution in [0.25, 0.3) is 11.1 Å². The van der Waals surface area contributed by atoms with E-state index in [4.69, 9.17) is 0 Å². The van der Waals surface area contributed by atoms with E-state index in [-0.39, 0.29) is 18.2 Å². The third-order valence-electron chi connectivity index (χ3n) is 6.28. The molecular weight excluding hydrogens is 368 g/mol. The van der Waals surface area contributed by atoms with Crippen molar-refractivity contribution >= 4 is 17.8 Å². The van der Waals surface area contributed by atoms with Crippen LogP contribution >= 0.6 is 0 Å². The number of piperidine rings is 1. The third kappa shape index (κ3) is 3.39. The second kappa shape index (κ2) is 7.35. The zero-order valence-electron chi connectivity index (χ0n) is 16.4. The van der Waals surface area contributed by atoms with Crippen molar-refractivity contribution in [2.45, 2.75) is 31.7 Å². The number of nitrogens with one attached hydrogen (secondary N) is 1. The maximum atomic E-state index is 13.3. The summed E-state index contributed by atoms with van der Waals surface area (Å²) in [5.74, 6) is -1.96. The molecule has 6 nitrogen and oxygen atoms in total. The molecule has 1 atom stereocenters. The largest absolute Gasteiger partial charge is 0.481 e. The van der Waals surface area contributed by atoms with Crippen LogP contribution in [0, 0.1) is 12.8 Å². The first-order chi connectivity index (χ1) is 13.9. The number of carbonyl (C=O) groups is 3. The van der Waals surface area contributed by atoms with E-state index in [1.165, 1.54) is 0 Å². The second-order valence-electron chi connectivity index (χ2n) is 7.95. The number of likely N-dealkylation sites (tertiary alicyclic amines) is 1. The summed E-state index contributed by atoms with van der Waals surface area (Å²) in [4.78, 5) is 38.5. The standard InChI is InChI=1S/C23H24N2O4/c1-15-6-2-3-7-16(15)17-8-4-5-9-18(17)21(27)25-12-10-23(11-13-25)19(22(28)29)14-20(26)24-23/h2-9,19H,10-14H2,1H3,(H,24,26)(H,28,29)/t19-/m0/s1. The number of carbonyl (C=O) groups excluding carboxylic acids is 2. The molecule has 2 aliphatic heterocycles. The lowest BCUT2D eigenvalue weighted by Crippen LogP contribution is -2.56. The Morgan fingerprint density at radius 3 is 2.31 bits per heavy atom. The van der Waals surface area contributed by atoms with Crippen LogP contribution in [0.1, 0.15) is 35.2 Å². The molecule has 0 unspecified atom stereocenters. The normalized spacial score (nSPS) is 20.5. The molecule has 2 N–H and O–H groups in total. The summed E-state index contributed by atoms with van der Waals surface area (Å²) in [6.45, 7) is 2.87. The van der Waals surface area contributed by atoms with Gasteiger partial charge in [-0.2, -0.15) is 0 Å². The van der Waals surface area contributed by atoms with Gasteiger partial charge in [0.25, 0.3) is 5.91 Å². The fourth-order valence-electron chi connectivity index (χ4n) is 4.65. The van der Waals surface area contributed by atoms with Gasteiger partial charge >= 0.3 is 5.97 Å². The number of hydrogen-bond acceptors (Lipinski definition) is 3. The number of nitrogens with zero attached hydrogens (tertiary/aromatic N) is 1. The molecular formula is C23H24N2O4. The number of rotatable bonds is 3. The maximum Gasteiger partial charge on any atom is 0.309 e. The minimum Gasteiger partial charge on any atom is -0.481 e. The Balaban J connectivity index is 1.57. The Kier molecular flexibility index (Phi) is 4.86. The van der Waals surface area contributed by atoms with E-state index in [0.717, 1.165) is 16.7 Å². The fourth-order valence-corrected chi connectivity index (χ4v) is 4.65. The maximum absolute atomic E-state index is 13.3. The SMILES string of the molecule is Cc1ccccc1-c1ccccc1C(=O)N1CCC2(CC1)NC(=O)C[C@H]2C(=O)O. The van der Waals surface area contributed by atoms with E-state index in [1.54, 1.807) is 4.90 Å². The Bertz CT molecular complexity index is 976. The molecule has 0 aromatic heterocycles. The van der Waals surface area contributed by atoms with Gasteiger partial charge in [0, 0.05) is 25.1 Å². The quantitative estimate of drug-likeness (QED) is 0.841. The molecule has 0 aliphatic carbocycles. The molecule has 2 fully saturated rings. The lowest BCUT2D eigenvalue weighted by atomic mass is 9.77. The van der Waals surface area contributed by atoms with Gasteiger partial charge in [-0.3, -0.25) is 14.4 Å². The molecule has 2 aromatic carbocycles. The number of aliphatic carboxylic acids is 1. The Morgan fingerprint density at radius 1 is 1.03 bits per heavy atom. The number of hydrogen-bond donors (Lipinski definition) is 2. The van der Waals surface area contributed by atoms with Crippen LogP contribution in [-0.4, -0.2) is 46.4 Å². The number of aryl methyl sites for hydroxylation is 1. The molecule has 2 aromatic rings. The third-order valence-corrected chi connectivity index (χ3v) is 6.28. The molecule has 29 heavy (non-hydrogen) atoms. The Hall–Kier alpha value is -3.15. The molecule has 4 rings (SSSR count). The lowest BCUT2D eigenvalue weighted by molar-refractivity contribution is -0.144. The predicted molar refractivity (Wildman–Crippen MR) is 108 cm³/mol. The highest BCUT2D eigenvalue weighted by molar-refractivity contribution is 6.01. The molecule has 1 spiro atoms. The average molecular weight is 392 g/mol. The van der Waals surface area contributed by atoms with Crippen LogP contribution in [0.3, 0.4) is 0 Å². The van der Waals surface area contributed by atoms with Crippen molar-refractivity contribution in [2.75, 3.05) is 13.1 Å². The summed E-state index contributed by atoms with van der Waals surface area (Å²) in [5, 5.41) is 12.4. The van der Waals surface area contributed by atoms with Crippen LogP contribution in [0.2, 0.25) is 0 Å². The van der Waals surface area contributed by atoms with Crippen molar-refractivity contribution in [3.05, 3.63) is 59.7 Å². The van der Waals surface area contributed by atoms with Gasteiger partial charge in [-0.25, -0.2) is 0 Å². The van der Waals surface area contributed by atoms with Gasteiger partial charge in [-0.05, 0) is 42.5 Å². The molecule has 6 heteroatoms. The first kappa shape index (κ1) is 19.2. The minimum absolute atomic E-state index is 0.0133. The van der Waals surface area contributed by atoms with E-state index >= 15 is 0 Å². The van der Waals surface area contributed by atoms with E-state index in [9.17, 15) is 19.5 Å². The molecule has 150 valence electrons. The van der Waals surface area contributed by atoms with Crippen molar-refractivity contribution in [2.24, 2.45) is 5.92 Å². The number of amides is 2. The van der Waals surface area contributed by atoms with Gasteiger partial charge in [0.1, 0.15) is 0 Å². The molecule has 0 bridgehead atoms. The number of carboxylic acids is 1. The highest BCUT2D eigenvalue weighted by atomic mass is 16.4. The molecule has 0 radical (unpaired) electrons. The molecule has 0 saturated carbocycles. The van der Waals surface area contributed by atoms with Crippen LogP contribution in [0.5, 0.6) is 0 Å². The Labute approximate surface area is 169 Å². The predicted octanol–water partition coefficient (Wildman–Crippen LogP) is 2.86. The Morgan fingerprint density at radius 2 is 1.66 bits per heavy atom. The summed E-state index contributed by atoms with van der Waals surface area (Å²) >= 11 is 0. The topological polar surface area (TPSA) is 86.7 Å². The summed E-state index contributed by atoms with van der Waals surface area (Å²) in [6, 6.07) is 15.6. The van der Waals surface area contributed by atoms with Crippen LogP contribution in [-0.2, 0) is 9.59 Å². The molecule has 2 saturated heterocycles. The summed E-state index contributed by atoms with van der Waals surface area (Å²) in [5.41, 5.74) is 2.92. The van der Waals surface area contributed by atoms with Gasteiger partial charge in [0.15, 0.2) is 0 Å². The highest BCUT2D eigenvalue weighted by Gasteiger charge is 2.52. The first-order valence-corrected chi connectivity index (χ1v) is 9.89. The van der Waals surface area contributed by atoms with Crippen LogP contribution in [0.15, 0.2) is 48.5 Å². The van der Waals surface area contributed by atoms with E-state index < -0.39 is 17.4 Å². The van der Waals surface area contributed by atoms with Crippen molar-refractivity contribution in [1.82, 2.24) is 10.2 Å². The van der Waals surface area contributed by atoms with Crippen molar-refractivity contribution in [3.8, 4) is 11.1 Å². The molecule has 2 heterocycles. The summed E-state index contributed by atoms with van der Waals surface area (Å²) in [6.07, 6.45) is 0.918. The van der Waals surface area contributed by atoms with Gasteiger partial charge < -0.3 is 15.3 Å². The monoisotopic (exact) mass is 392 g/mol. The van der Waals surface area contributed by atoms with E-state index in [2.05, 4.69) is 5.32 Å². The van der Waals surface area contributed by atoms with Crippen molar-refractivity contribution in [1.29, 1.82) is 0 Å². The fraction of sp³-hybridized carbons (Fsp3) is 0.348. The van der Waals surface area contributed by atoms with E-state index in [1.807, 2.05) is 55.5 Å². The number of carboxylic acid groups (broad SMARTS) is 1. The first-order valence-electron chi connectivity index (χ1n) is 9.89. The lowest BCUT2D eigenvalue weighted by Gasteiger charge is -2.41.